The lowest BCUT2D eigenvalue weighted by atomic mass is 9.88. The summed E-state index contributed by atoms with van der Waals surface area (Å²) < 4.78 is 0. The van der Waals surface area contributed by atoms with Gasteiger partial charge in [-0.3, -0.25) is 15.1 Å². The molecule has 1 aliphatic heterocycles. The first kappa shape index (κ1) is 22.0. The minimum absolute atomic E-state index is 0.288. The molecule has 3 aromatic heterocycles. The summed E-state index contributed by atoms with van der Waals surface area (Å²) in [5.74, 6) is 1.93. The normalized spacial score (nSPS) is 21.5. The molecule has 2 atom stereocenters. The topological polar surface area (TPSA) is 134 Å². The number of hydrogen-bond acceptors (Lipinski definition) is 8. The summed E-state index contributed by atoms with van der Waals surface area (Å²) in [6.07, 6.45) is 4.74. The van der Waals surface area contributed by atoms with E-state index in [-0.39, 0.29) is 6.04 Å². The molecular weight excluding hydrogens is 404 g/mol. The van der Waals surface area contributed by atoms with Crippen LogP contribution in [0.1, 0.15) is 57.3 Å². The fourth-order valence-electron chi connectivity index (χ4n) is 4.81. The highest BCUT2D eigenvalue weighted by Gasteiger charge is 2.34. The molecule has 0 aliphatic carbocycles. The average molecular weight is 437 g/mol. The molecule has 10 heteroatoms. The Labute approximate surface area is 188 Å². The Balaban J connectivity index is 1.60. The van der Waals surface area contributed by atoms with Gasteiger partial charge in [0.15, 0.2) is 11.5 Å². The molecule has 1 fully saturated rings. The van der Waals surface area contributed by atoms with Gasteiger partial charge in [-0.1, -0.05) is 13.8 Å². The molecule has 0 saturated carbocycles. The van der Waals surface area contributed by atoms with Crippen LogP contribution in [0.3, 0.4) is 0 Å². The van der Waals surface area contributed by atoms with Crippen LogP contribution in [0.25, 0.3) is 11.0 Å². The van der Waals surface area contributed by atoms with Crippen molar-refractivity contribution < 1.29 is 0 Å². The number of fused-ring (bicyclic) bond motifs is 1. The van der Waals surface area contributed by atoms with Crippen molar-refractivity contribution in [1.82, 2.24) is 35.3 Å². The van der Waals surface area contributed by atoms with Gasteiger partial charge in [0.25, 0.3) is 0 Å². The van der Waals surface area contributed by atoms with Crippen LogP contribution in [-0.2, 0) is 0 Å². The van der Waals surface area contributed by atoms with Crippen molar-refractivity contribution in [3.63, 3.8) is 0 Å². The second-order valence-electron chi connectivity index (χ2n) is 8.57. The number of hydrogen-bond donors (Lipinski definition) is 4. The monoisotopic (exact) mass is 436 g/mol. The van der Waals surface area contributed by atoms with E-state index in [1.807, 2.05) is 19.9 Å². The van der Waals surface area contributed by atoms with Gasteiger partial charge in [0.05, 0.1) is 17.1 Å². The van der Waals surface area contributed by atoms with Crippen molar-refractivity contribution in [2.45, 2.75) is 77.9 Å². The summed E-state index contributed by atoms with van der Waals surface area (Å²) in [4.78, 5) is 11.9. The predicted octanol–water partition coefficient (Wildman–Crippen LogP) is 3.78. The lowest BCUT2D eigenvalue weighted by molar-refractivity contribution is 0.0735. The Morgan fingerprint density at radius 1 is 1.12 bits per heavy atom. The van der Waals surface area contributed by atoms with Crippen LogP contribution in [-0.4, -0.2) is 59.9 Å². The predicted molar refractivity (Wildman–Crippen MR) is 125 cm³/mol. The zero-order valence-corrected chi connectivity index (χ0v) is 19.2. The molecule has 32 heavy (non-hydrogen) atoms. The highest BCUT2D eigenvalue weighted by atomic mass is 15.3. The number of aromatic amines is 2. The molecule has 0 amide bonds. The van der Waals surface area contributed by atoms with Gasteiger partial charge in [0, 0.05) is 42.9 Å². The average Bonchev–Trinajstić information content (AvgIpc) is 3.37. The zero-order valence-electron chi connectivity index (χ0n) is 19.2. The number of likely N-dealkylation sites (tertiary alicyclic amines) is 1. The number of aromatic nitrogens is 6. The summed E-state index contributed by atoms with van der Waals surface area (Å²) in [6.45, 7) is 9.22. The van der Waals surface area contributed by atoms with Crippen molar-refractivity contribution in [3.8, 4) is 6.07 Å². The van der Waals surface area contributed by atoms with E-state index in [0.29, 0.717) is 35.9 Å². The molecule has 1 aliphatic rings. The Hall–Kier alpha value is -3.19. The fourth-order valence-corrected chi connectivity index (χ4v) is 4.81. The number of anilines is 3. The van der Waals surface area contributed by atoms with Crippen LogP contribution in [0.2, 0.25) is 0 Å². The highest BCUT2D eigenvalue weighted by molar-refractivity contribution is 5.90. The van der Waals surface area contributed by atoms with Gasteiger partial charge in [-0.05, 0) is 39.5 Å². The van der Waals surface area contributed by atoms with Gasteiger partial charge in [-0.25, -0.2) is 0 Å². The van der Waals surface area contributed by atoms with Gasteiger partial charge in [0.2, 0.25) is 5.95 Å². The van der Waals surface area contributed by atoms with Gasteiger partial charge in [0.1, 0.15) is 5.82 Å². The minimum Gasteiger partial charge on any atom is -0.366 e. The Bertz CT molecular complexity index is 1080. The smallest absolute Gasteiger partial charge is 0.232 e. The number of piperidine rings is 1. The third kappa shape index (κ3) is 4.53. The molecule has 1 saturated heterocycles. The van der Waals surface area contributed by atoms with Gasteiger partial charge in [-0.2, -0.15) is 25.4 Å². The quantitative estimate of drug-likeness (QED) is 0.419. The Kier molecular flexibility index (Phi) is 6.55. The first-order chi connectivity index (χ1) is 15.5. The third-order valence-electron chi connectivity index (χ3n) is 6.36. The molecule has 10 nitrogen and oxygen atoms in total. The number of nitrogens with one attached hydrogen (secondary N) is 4. The summed E-state index contributed by atoms with van der Waals surface area (Å²) >= 11 is 0. The van der Waals surface area contributed by atoms with Gasteiger partial charge < -0.3 is 10.6 Å². The molecule has 170 valence electrons. The minimum atomic E-state index is 0.288. The van der Waals surface area contributed by atoms with E-state index in [4.69, 9.17) is 10.2 Å². The summed E-state index contributed by atoms with van der Waals surface area (Å²) in [7, 11) is 0. The summed E-state index contributed by atoms with van der Waals surface area (Å²) in [5.41, 5.74) is 2.53. The van der Waals surface area contributed by atoms with E-state index in [2.05, 4.69) is 60.8 Å². The molecule has 4 N–H and O–H groups in total. The summed E-state index contributed by atoms with van der Waals surface area (Å²) in [6, 6.07) is 5.41. The third-order valence-corrected chi connectivity index (χ3v) is 6.36. The van der Waals surface area contributed by atoms with Crippen LogP contribution in [0.5, 0.6) is 0 Å². The molecule has 4 heterocycles. The van der Waals surface area contributed by atoms with Gasteiger partial charge >= 0.3 is 0 Å². The van der Waals surface area contributed by atoms with E-state index in [1.54, 1.807) is 0 Å². The standard InChI is InChI=1S/C22H32N10/c1-5-16-11-15(12-17(6-2)32(16)9-7-8-23)24-20-19-14(4)29-31-21(19)27-22(26-20)25-18-10-13(3)28-30-18/h10,15-17H,5-7,9,11-12H2,1-4H3,(H4,24,25,26,27,28,29,30,31). The van der Waals surface area contributed by atoms with Crippen molar-refractivity contribution in [2.24, 2.45) is 0 Å². The van der Waals surface area contributed by atoms with E-state index < -0.39 is 0 Å². The highest BCUT2D eigenvalue weighted by Crippen LogP contribution is 2.32. The van der Waals surface area contributed by atoms with Crippen LogP contribution in [0.4, 0.5) is 17.6 Å². The number of nitriles is 1. The number of rotatable bonds is 8. The first-order valence-electron chi connectivity index (χ1n) is 11.4. The van der Waals surface area contributed by atoms with Crippen molar-refractivity contribution in [1.29, 1.82) is 5.26 Å². The van der Waals surface area contributed by atoms with Crippen LogP contribution >= 0.6 is 0 Å². The SMILES string of the molecule is CCC1CC(Nc2nc(Nc3cc(C)[nH]n3)nc3[nH]nc(C)c23)CC(CC)N1CCC#N. The number of nitrogens with zero attached hydrogens (tertiary/aromatic N) is 6. The molecule has 3 aromatic rings. The van der Waals surface area contributed by atoms with E-state index in [9.17, 15) is 0 Å². The molecule has 0 aromatic carbocycles. The maximum absolute atomic E-state index is 9.08. The van der Waals surface area contributed by atoms with Crippen molar-refractivity contribution >= 4 is 28.6 Å². The molecular formula is C22H32N10. The maximum Gasteiger partial charge on any atom is 0.232 e. The van der Waals surface area contributed by atoms with Gasteiger partial charge in [-0.15, -0.1) is 0 Å². The van der Waals surface area contributed by atoms with E-state index >= 15 is 0 Å². The zero-order chi connectivity index (χ0) is 22.7. The molecule has 4 rings (SSSR count). The van der Waals surface area contributed by atoms with Crippen LogP contribution < -0.4 is 10.6 Å². The Morgan fingerprint density at radius 3 is 2.50 bits per heavy atom. The lowest BCUT2D eigenvalue weighted by Crippen LogP contribution is -2.52. The second-order valence-corrected chi connectivity index (χ2v) is 8.57. The molecule has 0 spiro atoms. The number of aryl methyl sites for hydroxylation is 2. The number of H-pyrrole nitrogens is 2. The van der Waals surface area contributed by atoms with E-state index in [0.717, 1.165) is 54.8 Å². The molecule has 0 bridgehead atoms. The van der Waals surface area contributed by atoms with Crippen molar-refractivity contribution in [2.75, 3.05) is 17.2 Å². The fraction of sp³-hybridized carbons (Fsp3) is 0.591. The largest absolute Gasteiger partial charge is 0.366 e. The lowest BCUT2D eigenvalue weighted by Gasteiger charge is -2.45. The van der Waals surface area contributed by atoms with Crippen LogP contribution in [0, 0.1) is 25.2 Å². The van der Waals surface area contributed by atoms with Crippen LogP contribution in [0.15, 0.2) is 6.07 Å². The molecule has 2 unspecified atom stereocenters. The maximum atomic E-state index is 9.08. The first-order valence-corrected chi connectivity index (χ1v) is 11.4. The van der Waals surface area contributed by atoms with Crippen molar-refractivity contribution in [3.05, 3.63) is 17.5 Å². The van der Waals surface area contributed by atoms with E-state index in [1.165, 1.54) is 0 Å². The second kappa shape index (κ2) is 9.53. The Morgan fingerprint density at radius 2 is 1.88 bits per heavy atom. The molecule has 0 radical (unpaired) electrons. The summed E-state index contributed by atoms with van der Waals surface area (Å²) in [5, 5.41) is 31.4.